The number of rotatable bonds is 1. The van der Waals surface area contributed by atoms with Crippen molar-refractivity contribution in [3.8, 4) is 0 Å². The van der Waals surface area contributed by atoms with Gasteiger partial charge in [0.2, 0.25) is 0 Å². The molecule has 72 valence electrons. The molecular formula is C10H22N2. The third kappa shape index (κ3) is 1.80. The van der Waals surface area contributed by atoms with Crippen LogP contribution in [0.4, 0.5) is 0 Å². The largest absolute Gasteiger partial charge is 0.329 e. The Balaban J connectivity index is 2.65. The lowest BCUT2D eigenvalue weighted by atomic mass is 9.64. The lowest BCUT2D eigenvalue weighted by molar-refractivity contribution is 0.107. The maximum absolute atomic E-state index is 6.20. The van der Waals surface area contributed by atoms with Crippen LogP contribution in [-0.2, 0) is 0 Å². The molecule has 0 heterocycles. The van der Waals surface area contributed by atoms with E-state index in [-0.39, 0.29) is 5.54 Å². The maximum atomic E-state index is 6.20. The van der Waals surface area contributed by atoms with Gasteiger partial charge in [-0.2, -0.15) is 0 Å². The van der Waals surface area contributed by atoms with Gasteiger partial charge >= 0.3 is 0 Å². The first-order chi connectivity index (χ1) is 5.40. The molecule has 0 aliphatic heterocycles. The van der Waals surface area contributed by atoms with E-state index >= 15 is 0 Å². The Morgan fingerprint density at radius 1 is 1.33 bits per heavy atom. The smallest absolute Gasteiger partial charge is 0.0304 e. The summed E-state index contributed by atoms with van der Waals surface area (Å²) >= 11 is 0. The van der Waals surface area contributed by atoms with Crippen LogP contribution in [0.25, 0.3) is 0 Å². The van der Waals surface area contributed by atoms with Gasteiger partial charge in [-0.05, 0) is 30.6 Å². The highest BCUT2D eigenvalue weighted by Crippen LogP contribution is 2.42. The van der Waals surface area contributed by atoms with E-state index in [2.05, 4.69) is 20.8 Å². The Morgan fingerprint density at radius 2 is 1.92 bits per heavy atom. The summed E-state index contributed by atoms with van der Waals surface area (Å²) in [5.41, 5.74) is 12.3. The predicted octanol–water partition coefficient (Wildman–Crippen LogP) is 1.49. The first-order valence-electron chi connectivity index (χ1n) is 4.89. The zero-order valence-corrected chi connectivity index (χ0v) is 8.56. The molecule has 0 aromatic rings. The van der Waals surface area contributed by atoms with Crippen LogP contribution >= 0.6 is 0 Å². The summed E-state index contributed by atoms with van der Waals surface area (Å²) in [7, 11) is 0. The van der Waals surface area contributed by atoms with E-state index in [0.717, 1.165) is 6.42 Å². The van der Waals surface area contributed by atoms with Crippen LogP contribution < -0.4 is 11.5 Å². The fourth-order valence-electron chi connectivity index (χ4n) is 2.25. The Morgan fingerprint density at radius 3 is 2.33 bits per heavy atom. The van der Waals surface area contributed by atoms with Gasteiger partial charge < -0.3 is 11.5 Å². The second-order valence-electron chi connectivity index (χ2n) is 5.21. The van der Waals surface area contributed by atoms with Gasteiger partial charge in [0.05, 0.1) is 0 Å². The molecule has 12 heavy (non-hydrogen) atoms. The summed E-state index contributed by atoms with van der Waals surface area (Å²) in [6.45, 7) is 7.50. The quantitative estimate of drug-likeness (QED) is 0.626. The Bertz CT molecular complexity index is 165. The van der Waals surface area contributed by atoms with E-state index in [4.69, 9.17) is 11.5 Å². The molecule has 1 aliphatic rings. The molecule has 2 unspecified atom stereocenters. The predicted molar refractivity (Wildman–Crippen MR) is 52.8 cm³/mol. The Labute approximate surface area is 75.7 Å². The highest BCUT2D eigenvalue weighted by molar-refractivity contribution is 4.97. The van der Waals surface area contributed by atoms with Gasteiger partial charge in [0, 0.05) is 12.1 Å². The molecular weight excluding hydrogens is 148 g/mol. The van der Waals surface area contributed by atoms with Crippen LogP contribution in [-0.4, -0.2) is 12.1 Å². The van der Waals surface area contributed by atoms with Crippen molar-refractivity contribution in [3.05, 3.63) is 0 Å². The van der Waals surface area contributed by atoms with Crippen molar-refractivity contribution >= 4 is 0 Å². The van der Waals surface area contributed by atoms with Gasteiger partial charge in [0.15, 0.2) is 0 Å². The summed E-state index contributed by atoms with van der Waals surface area (Å²) in [6, 6.07) is 0. The second kappa shape index (κ2) is 3.00. The SMILES string of the molecule is CC1CC(C)(C)CCC1(N)CN. The third-order valence-corrected chi connectivity index (χ3v) is 3.49. The van der Waals surface area contributed by atoms with Crippen molar-refractivity contribution in [2.75, 3.05) is 6.54 Å². The minimum atomic E-state index is -0.0878. The summed E-state index contributed by atoms with van der Waals surface area (Å²) in [4.78, 5) is 0. The van der Waals surface area contributed by atoms with Gasteiger partial charge in [-0.3, -0.25) is 0 Å². The number of hydrogen-bond donors (Lipinski definition) is 2. The molecule has 1 aliphatic carbocycles. The van der Waals surface area contributed by atoms with Crippen LogP contribution in [0.15, 0.2) is 0 Å². The average Bonchev–Trinajstić information content (AvgIpc) is 1.97. The van der Waals surface area contributed by atoms with Crippen molar-refractivity contribution in [1.29, 1.82) is 0 Å². The van der Waals surface area contributed by atoms with Crippen LogP contribution in [0.3, 0.4) is 0 Å². The summed E-state index contributed by atoms with van der Waals surface area (Å²) in [5.74, 6) is 0.561. The van der Waals surface area contributed by atoms with Crippen molar-refractivity contribution in [2.45, 2.75) is 45.6 Å². The summed E-state index contributed by atoms with van der Waals surface area (Å²) < 4.78 is 0. The molecule has 1 rings (SSSR count). The summed E-state index contributed by atoms with van der Waals surface area (Å²) in [5, 5.41) is 0. The van der Waals surface area contributed by atoms with E-state index in [9.17, 15) is 0 Å². The maximum Gasteiger partial charge on any atom is 0.0304 e. The fraction of sp³-hybridized carbons (Fsp3) is 1.00. The van der Waals surface area contributed by atoms with Crippen LogP contribution in [0.1, 0.15) is 40.0 Å². The van der Waals surface area contributed by atoms with Gasteiger partial charge in [-0.1, -0.05) is 20.8 Å². The van der Waals surface area contributed by atoms with E-state index in [1.807, 2.05) is 0 Å². The molecule has 0 spiro atoms. The normalized spacial score (nSPS) is 41.2. The van der Waals surface area contributed by atoms with E-state index in [0.29, 0.717) is 17.9 Å². The molecule has 0 aromatic carbocycles. The fourth-order valence-corrected chi connectivity index (χ4v) is 2.25. The monoisotopic (exact) mass is 170 g/mol. The molecule has 2 nitrogen and oxygen atoms in total. The van der Waals surface area contributed by atoms with Gasteiger partial charge in [0.25, 0.3) is 0 Å². The molecule has 0 aromatic heterocycles. The van der Waals surface area contributed by atoms with E-state index < -0.39 is 0 Å². The highest BCUT2D eigenvalue weighted by atomic mass is 14.8. The number of hydrogen-bond acceptors (Lipinski definition) is 2. The topological polar surface area (TPSA) is 52.0 Å². The molecule has 1 saturated carbocycles. The molecule has 0 saturated heterocycles. The lowest BCUT2D eigenvalue weighted by Gasteiger charge is -2.45. The molecule has 0 bridgehead atoms. The molecule has 0 amide bonds. The minimum absolute atomic E-state index is 0.0878. The molecule has 0 radical (unpaired) electrons. The van der Waals surface area contributed by atoms with Crippen molar-refractivity contribution in [2.24, 2.45) is 22.8 Å². The van der Waals surface area contributed by atoms with Crippen molar-refractivity contribution in [1.82, 2.24) is 0 Å². The Hall–Kier alpha value is -0.0800. The van der Waals surface area contributed by atoms with Crippen molar-refractivity contribution in [3.63, 3.8) is 0 Å². The zero-order chi connectivity index (χ0) is 9.41. The van der Waals surface area contributed by atoms with E-state index in [1.165, 1.54) is 12.8 Å². The molecule has 4 N–H and O–H groups in total. The van der Waals surface area contributed by atoms with Crippen LogP contribution in [0.2, 0.25) is 0 Å². The second-order valence-corrected chi connectivity index (χ2v) is 5.21. The lowest BCUT2D eigenvalue weighted by Crippen LogP contribution is -2.56. The zero-order valence-electron chi connectivity index (χ0n) is 8.56. The highest BCUT2D eigenvalue weighted by Gasteiger charge is 2.39. The van der Waals surface area contributed by atoms with Crippen molar-refractivity contribution < 1.29 is 0 Å². The molecule has 2 atom stereocenters. The Kier molecular flexibility index (Phi) is 2.50. The number of nitrogens with two attached hydrogens (primary N) is 2. The molecule has 2 heteroatoms. The van der Waals surface area contributed by atoms with Gasteiger partial charge in [0.1, 0.15) is 0 Å². The van der Waals surface area contributed by atoms with Gasteiger partial charge in [-0.15, -0.1) is 0 Å². The first-order valence-corrected chi connectivity index (χ1v) is 4.89. The minimum Gasteiger partial charge on any atom is -0.329 e. The third-order valence-electron chi connectivity index (χ3n) is 3.49. The standard InChI is InChI=1S/C10H22N2/c1-8-6-9(2,3)4-5-10(8,12)7-11/h8H,4-7,11-12H2,1-3H3. The first kappa shape index (κ1) is 10.0. The molecule has 1 fully saturated rings. The average molecular weight is 170 g/mol. The van der Waals surface area contributed by atoms with E-state index in [1.54, 1.807) is 0 Å². The summed E-state index contributed by atoms with van der Waals surface area (Å²) in [6.07, 6.45) is 3.50. The van der Waals surface area contributed by atoms with Crippen LogP contribution in [0.5, 0.6) is 0 Å². The van der Waals surface area contributed by atoms with Gasteiger partial charge in [-0.25, -0.2) is 0 Å². The van der Waals surface area contributed by atoms with Crippen LogP contribution in [0, 0.1) is 11.3 Å².